The Hall–Kier alpha value is -0.820. The molecule has 14 heavy (non-hydrogen) atoms. The Kier molecular flexibility index (Phi) is 1.88. The summed E-state index contributed by atoms with van der Waals surface area (Å²) in [6, 6.07) is 8.87. The molecule has 1 aromatic carbocycles. The topological polar surface area (TPSA) is 12.0 Å². The van der Waals surface area contributed by atoms with E-state index in [2.05, 4.69) is 36.5 Å². The average Bonchev–Trinajstić information content (AvgIpc) is 2.52. The Bertz CT molecular complexity index is 345. The Morgan fingerprint density at radius 2 is 2.07 bits per heavy atom. The van der Waals surface area contributed by atoms with Gasteiger partial charge in [0, 0.05) is 0 Å². The van der Waals surface area contributed by atoms with Gasteiger partial charge in [-0.25, -0.2) is 0 Å². The summed E-state index contributed by atoms with van der Waals surface area (Å²) in [5, 5.41) is 3.50. The zero-order chi connectivity index (χ0) is 9.54. The van der Waals surface area contributed by atoms with Crippen LogP contribution in [0.4, 0.5) is 0 Å². The van der Waals surface area contributed by atoms with Crippen LogP contribution in [-0.2, 0) is 0 Å². The highest BCUT2D eigenvalue weighted by Crippen LogP contribution is 2.49. The first-order valence-electron chi connectivity index (χ1n) is 5.62. The van der Waals surface area contributed by atoms with E-state index in [1.165, 1.54) is 25.1 Å². The highest BCUT2D eigenvalue weighted by molar-refractivity contribution is 5.32. The maximum absolute atomic E-state index is 3.50. The van der Waals surface area contributed by atoms with E-state index in [4.69, 9.17) is 0 Å². The first kappa shape index (κ1) is 8.49. The van der Waals surface area contributed by atoms with E-state index in [1.807, 2.05) is 0 Å². The molecule has 0 amide bonds. The molecular weight excluding hydrogens is 170 g/mol. The minimum absolute atomic E-state index is 0.844. The number of nitrogens with one attached hydrogen (secondary N) is 1. The van der Waals surface area contributed by atoms with Crippen LogP contribution in [0.5, 0.6) is 0 Å². The summed E-state index contributed by atoms with van der Waals surface area (Å²) in [5.41, 5.74) is 3.07. The first-order valence-corrected chi connectivity index (χ1v) is 5.62. The van der Waals surface area contributed by atoms with Crippen molar-refractivity contribution in [1.82, 2.24) is 5.32 Å². The molecule has 1 saturated heterocycles. The van der Waals surface area contributed by atoms with Crippen LogP contribution in [0.25, 0.3) is 0 Å². The molecule has 2 fully saturated rings. The average molecular weight is 187 g/mol. The van der Waals surface area contributed by atoms with Gasteiger partial charge in [0.25, 0.3) is 0 Å². The van der Waals surface area contributed by atoms with E-state index in [0.717, 1.165) is 17.8 Å². The smallest absolute Gasteiger partial charge is 0.00114 e. The van der Waals surface area contributed by atoms with E-state index in [9.17, 15) is 0 Å². The van der Waals surface area contributed by atoms with Gasteiger partial charge in [-0.2, -0.15) is 0 Å². The fraction of sp³-hybridized carbons (Fsp3) is 0.538. The maximum Gasteiger partial charge on any atom is -0.00114 e. The van der Waals surface area contributed by atoms with Crippen molar-refractivity contribution < 1.29 is 0 Å². The van der Waals surface area contributed by atoms with Crippen molar-refractivity contribution >= 4 is 0 Å². The lowest BCUT2D eigenvalue weighted by molar-refractivity contribution is 0.190. The van der Waals surface area contributed by atoms with Crippen LogP contribution >= 0.6 is 0 Å². The molecule has 0 aromatic heterocycles. The summed E-state index contributed by atoms with van der Waals surface area (Å²) >= 11 is 0. The summed E-state index contributed by atoms with van der Waals surface area (Å²) < 4.78 is 0. The zero-order valence-electron chi connectivity index (χ0n) is 8.66. The van der Waals surface area contributed by atoms with Gasteiger partial charge in [-0.05, 0) is 55.3 Å². The summed E-state index contributed by atoms with van der Waals surface area (Å²) in [4.78, 5) is 0. The monoisotopic (exact) mass is 187 g/mol. The fourth-order valence-electron chi connectivity index (χ4n) is 3.15. The number of rotatable bonds is 1. The fourth-order valence-corrected chi connectivity index (χ4v) is 3.15. The molecule has 2 aliphatic rings. The van der Waals surface area contributed by atoms with Crippen molar-refractivity contribution in [3.63, 3.8) is 0 Å². The van der Waals surface area contributed by atoms with Crippen LogP contribution in [0.15, 0.2) is 24.3 Å². The van der Waals surface area contributed by atoms with Gasteiger partial charge in [0.1, 0.15) is 0 Å². The molecule has 1 aliphatic heterocycles. The predicted molar refractivity (Wildman–Crippen MR) is 58.4 cm³/mol. The second-order valence-electron chi connectivity index (χ2n) is 4.78. The Morgan fingerprint density at radius 1 is 1.21 bits per heavy atom. The second-order valence-corrected chi connectivity index (χ2v) is 4.78. The van der Waals surface area contributed by atoms with Crippen molar-refractivity contribution in [2.24, 2.45) is 11.8 Å². The number of hydrogen-bond donors (Lipinski definition) is 1. The van der Waals surface area contributed by atoms with E-state index in [1.54, 1.807) is 5.56 Å². The second kappa shape index (κ2) is 3.09. The normalized spacial score (nSPS) is 35.1. The molecule has 74 valence electrons. The molecule has 1 aliphatic carbocycles. The predicted octanol–water partition coefficient (Wildman–Crippen LogP) is 2.32. The van der Waals surface area contributed by atoms with Gasteiger partial charge >= 0.3 is 0 Å². The molecule has 0 bridgehead atoms. The third-order valence-electron chi connectivity index (χ3n) is 4.05. The number of benzene rings is 1. The molecule has 1 heterocycles. The Labute approximate surface area is 85.5 Å². The zero-order valence-corrected chi connectivity index (χ0v) is 8.66. The molecule has 1 nitrogen and oxygen atoms in total. The number of aryl methyl sites for hydroxylation is 1. The standard InChI is InChI=1S/C13H17N/c1-9-4-2-3-5-11(9)12-6-10-7-14-8-13(10)12/h2-5,10,12-14H,6-8H2,1H3/t10-,12-,13-/m0/s1. The lowest BCUT2D eigenvalue weighted by atomic mass is 9.63. The van der Waals surface area contributed by atoms with Gasteiger partial charge in [0.05, 0.1) is 0 Å². The first-order chi connectivity index (χ1) is 6.86. The van der Waals surface area contributed by atoms with Crippen LogP contribution in [0.2, 0.25) is 0 Å². The molecule has 0 unspecified atom stereocenters. The summed E-state index contributed by atoms with van der Waals surface area (Å²) in [7, 11) is 0. The van der Waals surface area contributed by atoms with Gasteiger partial charge in [0.2, 0.25) is 0 Å². The highest BCUT2D eigenvalue weighted by Gasteiger charge is 2.44. The van der Waals surface area contributed by atoms with E-state index < -0.39 is 0 Å². The molecule has 3 atom stereocenters. The van der Waals surface area contributed by atoms with Gasteiger partial charge in [-0.3, -0.25) is 0 Å². The van der Waals surface area contributed by atoms with Crippen molar-refractivity contribution in [2.75, 3.05) is 13.1 Å². The Balaban J connectivity index is 1.87. The summed E-state index contributed by atoms with van der Waals surface area (Å²) in [6.07, 6.45) is 1.41. The van der Waals surface area contributed by atoms with Crippen molar-refractivity contribution in [2.45, 2.75) is 19.3 Å². The molecule has 1 saturated carbocycles. The van der Waals surface area contributed by atoms with E-state index in [0.29, 0.717) is 0 Å². The van der Waals surface area contributed by atoms with Crippen LogP contribution in [0.1, 0.15) is 23.5 Å². The molecule has 0 spiro atoms. The van der Waals surface area contributed by atoms with Gasteiger partial charge < -0.3 is 5.32 Å². The summed E-state index contributed by atoms with van der Waals surface area (Å²) in [5.74, 6) is 2.74. The third kappa shape index (κ3) is 1.12. The van der Waals surface area contributed by atoms with Crippen LogP contribution < -0.4 is 5.32 Å². The SMILES string of the molecule is Cc1ccccc1[C@@H]1C[C@H]2CNC[C@@H]21. The molecule has 0 radical (unpaired) electrons. The van der Waals surface area contributed by atoms with Gasteiger partial charge in [-0.15, -0.1) is 0 Å². The van der Waals surface area contributed by atoms with Crippen LogP contribution in [-0.4, -0.2) is 13.1 Å². The quantitative estimate of drug-likeness (QED) is 0.711. The number of fused-ring (bicyclic) bond motifs is 1. The lowest BCUT2D eigenvalue weighted by Crippen LogP contribution is -2.33. The van der Waals surface area contributed by atoms with Crippen LogP contribution in [0, 0.1) is 18.8 Å². The van der Waals surface area contributed by atoms with E-state index >= 15 is 0 Å². The molecule has 1 heteroatoms. The Morgan fingerprint density at radius 3 is 2.86 bits per heavy atom. The third-order valence-corrected chi connectivity index (χ3v) is 4.05. The molecular formula is C13H17N. The minimum atomic E-state index is 0.844. The van der Waals surface area contributed by atoms with Gasteiger partial charge in [-0.1, -0.05) is 24.3 Å². The maximum atomic E-state index is 3.50. The van der Waals surface area contributed by atoms with Crippen molar-refractivity contribution in [3.8, 4) is 0 Å². The largest absolute Gasteiger partial charge is 0.316 e. The van der Waals surface area contributed by atoms with Crippen molar-refractivity contribution in [3.05, 3.63) is 35.4 Å². The molecule has 1 N–H and O–H groups in total. The lowest BCUT2D eigenvalue weighted by Gasteiger charge is -2.40. The summed E-state index contributed by atoms with van der Waals surface area (Å²) in [6.45, 7) is 4.74. The van der Waals surface area contributed by atoms with Crippen LogP contribution in [0.3, 0.4) is 0 Å². The molecule has 1 aromatic rings. The van der Waals surface area contributed by atoms with Crippen molar-refractivity contribution in [1.29, 1.82) is 0 Å². The van der Waals surface area contributed by atoms with Gasteiger partial charge in [0.15, 0.2) is 0 Å². The minimum Gasteiger partial charge on any atom is -0.316 e. The van der Waals surface area contributed by atoms with E-state index in [-0.39, 0.29) is 0 Å². The molecule has 3 rings (SSSR count). The number of hydrogen-bond acceptors (Lipinski definition) is 1. The highest BCUT2D eigenvalue weighted by atomic mass is 14.9.